The van der Waals surface area contributed by atoms with Crippen LogP contribution in [-0.4, -0.2) is 34.9 Å². The van der Waals surface area contributed by atoms with Gasteiger partial charge >= 0.3 is 5.97 Å². The highest BCUT2D eigenvalue weighted by Crippen LogP contribution is 2.23. The number of esters is 1. The van der Waals surface area contributed by atoms with E-state index in [1.165, 1.54) is 5.56 Å². The van der Waals surface area contributed by atoms with Crippen LogP contribution in [0.4, 0.5) is 5.69 Å². The molecule has 6 heteroatoms. The van der Waals surface area contributed by atoms with Gasteiger partial charge in [-0.25, -0.2) is 4.79 Å². The Kier molecular flexibility index (Phi) is 8.03. The smallest absolute Gasteiger partial charge is 0.331 e. The van der Waals surface area contributed by atoms with Gasteiger partial charge in [-0.3, -0.25) is 0 Å². The first-order chi connectivity index (χ1) is 12.6. The molecule has 1 aromatic carbocycles. The lowest BCUT2D eigenvalue weighted by Crippen LogP contribution is -2.49. The molecule has 2 N–H and O–H groups in total. The van der Waals surface area contributed by atoms with Gasteiger partial charge in [-0.2, -0.15) is 0 Å². The first kappa shape index (κ1) is 24.4. The Labute approximate surface area is 175 Å². The van der Waals surface area contributed by atoms with E-state index in [4.69, 9.17) is 21.7 Å². The van der Waals surface area contributed by atoms with Crippen molar-refractivity contribution in [3.8, 4) is 0 Å². The molecular weight excluding hydrogens is 372 g/mol. The molecule has 0 aliphatic carbocycles. The number of carbonyl (C=O) groups is 1. The zero-order valence-electron chi connectivity index (χ0n) is 18.7. The maximum Gasteiger partial charge on any atom is 0.331 e. The van der Waals surface area contributed by atoms with Crippen LogP contribution in [0.1, 0.15) is 67.9 Å². The zero-order chi connectivity index (χ0) is 21.8. The van der Waals surface area contributed by atoms with Crippen LogP contribution in [0.2, 0.25) is 0 Å². The number of hydrogen-bond acceptors (Lipinski definition) is 4. The molecular formula is C22H36N2O3S. The monoisotopic (exact) mass is 408 g/mol. The number of hydrogen-bond donors (Lipinski definition) is 2. The van der Waals surface area contributed by atoms with Crippen molar-refractivity contribution in [2.75, 3.05) is 11.9 Å². The van der Waals surface area contributed by atoms with Crippen LogP contribution < -0.4 is 10.6 Å². The number of ether oxygens (including phenoxy) is 2. The number of carbonyl (C=O) groups excluding carboxylic acids is 1. The van der Waals surface area contributed by atoms with E-state index in [1.54, 1.807) is 0 Å². The van der Waals surface area contributed by atoms with E-state index in [2.05, 4.69) is 43.5 Å². The molecule has 1 rings (SSSR count). The number of thiocarbonyl (C=S) groups is 1. The fraction of sp³-hybridized carbons (Fsp3) is 0.636. The molecule has 0 amide bonds. The highest BCUT2D eigenvalue weighted by molar-refractivity contribution is 7.80. The quantitative estimate of drug-likeness (QED) is 0.539. The van der Waals surface area contributed by atoms with Crippen molar-refractivity contribution in [1.29, 1.82) is 0 Å². The van der Waals surface area contributed by atoms with Crippen molar-refractivity contribution in [3.63, 3.8) is 0 Å². The summed E-state index contributed by atoms with van der Waals surface area (Å²) in [5.74, 6) is -0.399. The van der Waals surface area contributed by atoms with E-state index in [1.807, 2.05) is 53.7 Å². The summed E-state index contributed by atoms with van der Waals surface area (Å²) in [6.07, 6.45) is 0. The van der Waals surface area contributed by atoms with Gasteiger partial charge in [0.25, 0.3) is 0 Å². The van der Waals surface area contributed by atoms with Gasteiger partial charge in [0.05, 0.1) is 12.2 Å². The molecule has 1 aromatic rings. The van der Waals surface area contributed by atoms with Crippen molar-refractivity contribution in [2.45, 2.75) is 85.0 Å². The Hall–Kier alpha value is -1.66. The van der Waals surface area contributed by atoms with Crippen LogP contribution in [0, 0.1) is 0 Å². The molecule has 0 saturated heterocycles. The third-order valence-corrected chi connectivity index (χ3v) is 3.91. The maximum absolute atomic E-state index is 12.6. The van der Waals surface area contributed by atoms with E-state index in [-0.39, 0.29) is 17.6 Å². The van der Waals surface area contributed by atoms with Gasteiger partial charge in [-0.05, 0) is 76.9 Å². The summed E-state index contributed by atoms with van der Waals surface area (Å²) >= 11 is 5.40. The molecule has 0 spiro atoms. The lowest BCUT2D eigenvalue weighted by Gasteiger charge is -2.28. The molecule has 158 valence electrons. The molecule has 5 nitrogen and oxygen atoms in total. The summed E-state index contributed by atoms with van der Waals surface area (Å²) in [4.78, 5) is 12.6. The fourth-order valence-electron chi connectivity index (χ4n) is 2.25. The van der Waals surface area contributed by atoms with Crippen molar-refractivity contribution in [1.82, 2.24) is 5.32 Å². The summed E-state index contributed by atoms with van der Waals surface area (Å²) < 4.78 is 11.3. The molecule has 0 aliphatic heterocycles. The highest BCUT2D eigenvalue weighted by Gasteiger charge is 2.28. The van der Waals surface area contributed by atoms with Gasteiger partial charge < -0.3 is 20.1 Å². The zero-order valence-corrected chi connectivity index (χ0v) is 19.5. The molecule has 28 heavy (non-hydrogen) atoms. The summed E-state index contributed by atoms with van der Waals surface area (Å²) in [7, 11) is 0. The lowest BCUT2D eigenvalue weighted by molar-refractivity contribution is -0.159. The van der Waals surface area contributed by atoms with Crippen molar-refractivity contribution in [3.05, 3.63) is 29.8 Å². The van der Waals surface area contributed by atoms with Crippen molar-refractivity contribution in [2.24, 2.45) is 0 Å². The van der Waals surface area contributed by atoms with Gasteiger partial charge in [0.15, 0.2) is 5.11 Å². The summed E-state index contributed by atoms with van der Waals surface area (Å²) in [5, 5.41) is 6.49. The van der Waals surface area contributed by atoms with E-state index in [0.717, 1.165) is 5.69 Å². The van der Waals surface area contributed by atoms with Gasteiger partial charge in [0, 0.05) is 5.69 Å². The molecule has 0 fully saturated rings. The average molecular weight is 409 g/mol. The largest absolute Gasteiger partial charge is 0.458 e. The number of nitrogens with one attached hydrogen (secondary N) is 2. The Bertz CT molecular complexity index is 665. The molecule has 0 heterocycles. The first-order valence-corrected chi connectivity index (χ1v) is 10.0. The molecule has 0 aliphatic rings. The molecule has 0 saturated carbocycles. The standard InChI is InChI=1S/C22H36N2O3S/c1-20(2,3)15-10-12-16(13-11-15)23-19(28)24-17(14-26-21(4,5)6)18(25)27-22(7,8)9/h10-13,17H,14H2,1-9H3,(H2,23,24,28). The predicted molar refractivity (Wildman–Crippen MR) is 120 cm³/mol. The first-order valence-electron chi connectivity index (χ1n) is 9.62. The van der Waals surface area contributed by atoms with Crippen LogP contribution in [0.5, 0.6) is 0 Å². The lowest BCUT2D eigenvalue weighted by atomic mass is 9.87. The Balaban J connectivity index is 2.80. The minimum atomic E-state index is -0.702. The highest BCUT2D eigenvalue weighted by atomic mass is 32.1. The molecule has 1 atom stereocenters. The second-order valence-corrected chi connectivity index (χ2v) is 10.3. The Morgan fingerprint density at radius 2 is 1.50 bits per heavy atom. The van der Waals surface area contributed by atoms with Crippen LogP contribution in [0.3, 0.4) is 0 Å². The third kappa shape index (κ3) is 9.51. The van der Waals surface area contributed by atoms with E-state index in [0.29, 0.717) is 5.11 Å². The van der Waals surface area contributed by atoms with E-state index in [9.17, 15) is 4.79 Å². The van der Waals surface area contributed by atoms with Gasteiger partial charge in [-0.15, -0.1) is 0 Å². The Morgan fingerprint density at radius 3 is 1.93 bits per heavy atom. The Morgan fingerprint density at radius 1 is 0.964 bits per heavy atom. The maximum atomic E-state index is 12.6. The summed E-state index contributed by atoms with van der Waals surface area (Å²) in [6, 6.07) is 7.39. The average Bonchev–Trinajstić information content (AvgIpc) is 2.48. The van der Waals surface area contributed by atoms with Gasteiger partial charge in [0.1, 0.15) is 11.6 Å². The van der Waals surface area contributed by atoms with Crippen LogP contribution in [-0.2, 0) is 19.7 Å². The van der Waals surface area contributed by atoms with Crippen LogP contribution >= 0.6 is 12.2 Å². The van der Waals surface area contributed by atoms with Crippen LogP contribution in [0.25, 0.3) is 0 Å². The minimum absolute atomic E-state index is 0.0867. The van der Waals surface area contributed by atoms with Gasteiger partial charge in [-0.1, -0.05) is 32.9 Å². The number of rotatable bonds is 5. The summed E-state index contributed by atoms with van der Waals surface area (Å²) in [5.41, 5.74) is 1.21. The molecule has 1 unspecified atom stereocenters. The van der Waals surface area contributed by atoms with Crippen molar-refractivity contribution < 1.29 is 14.3 Å². The predicted octanol–water partition coefficient (Wildman–Crippen LogP) is 4.80. The van der Waals surface area contributed by atoms with Crippen molar-refractivity contribution >= 4 is 29.0 Å². The molecule has 0 radical (unpaired) electrons. The topological polar surface area (TPSA) is 59.6 Å². The van der Waals surface area contributed by atoms with E-state index < -0.39 is 17.6 Å². The van der Waals surface area contributed by atoms with Gasteiger partial charge in [0.2, 0.25) is 0 Å². The number of benzene rings is 1. The molecule has 0 aromatic heterocycles. The fourth-order valence-corrected chi connectivity index (χ4v) is 2.51. The molecule has 0 bridgehead atoms. The third-order valence-electron chi connectivity index (χ3n) is 3.69. The minimum Gasteiger partial charge on any atom is -0.458 e. The summed E-state index contributed by atoms with van der Waals surface area (Å²) in [6.45, 7) is 18.0. The van der Waals surface area contributed by atoms with Crippen LogP contribution in [0.15, 0.2) is 24.3 Å². The second kappa shape index (κ2) is 9.23. The normalized spacial score (nSPS) is 13.6. The number of anilines is 1. The SMILES string of the molecule is CC(C)(C)OCC(NC(=S)Nc1ccc(C(C)(C)C)cc1)C(=O)OC(C)(C)C. The second-order valence-electron chi connectivity index (χ2n) is 9.94. The van der Waals surface area contributed by atoms with E-state index >= 15 is 0 Å².